The SMILES string of the molecule is CSN1CCC(c2c(C)c(=O)[nH]c3c2[nH]c2ccc(Cl)cc23)C1. The molecule has 6 heteroatoms. The average molecular weight is 348 g/mol. The van der Waals surface area contributed by atoms with E-state index < -0.39 is 0 Å². The summed E-state index contributed by atoms with van der Waals surface area (Å²) in [6.07, 6.45) is 3.18. The monoisotopic (exact) mass is 347 g/mol. The largest absolute Gasteiger partial charge is 0.353 e. The lowest BCUT2D eigenvalue weighted by Gasteiger charge is -2.15. The highest BCUT2D eigenvalue weighted by Crippen LogP contribution is 2.37. The van der Waals surface area contributed by atoms with Crippen molar-refractivity contribution in [2.45, 2.75) is 19.3 Å². The van der Waals surface area contributed by atoms with E-state index in [1.807, 2.05) is 25.1 Å². The molecule has 0 bridgehead atoms. The second-order valence-corrected chi connectivity index (χ2v) is 7.43. The maximum absolute atomic E-state index is 12.5. The van der Waals surface area contributed by atoms with Gasteiger partial charge in [-0.15, -0.1) is 0 Å². The van der Waals surface area contributed by atoms with E-state index in [-0.39, 0.29) is 5.56 Å². The number of nitrogens with zero attached hydrogens (tertiary/aromatic N) is 1. The quantitative estimate of drug-likeness (QED) is 0.688. The summed E-state index contributed by atoms with van der Waals surface area (Å²) in [5.74, 6) is 0.385. The minimum absolute atomic E-state index is 0.00372. The van der Waals surface area contributed by atoms with Gasteiger partial charge < -0.3 is 9.97 Å². The van der Waals surface area contributed by atoms with Crippen molar-refractivity contribution in [1.82, 2.24) is 14.3 Å². The first-order chi connectivity index (χ1) is 11.1. The van der Waals surface area contributed by atoms with E-state index >= 15 is 0 Å². The molecule has 1 aromatic carbocycles. The Bertz CT molecular complexity index is 962. The molecular weight excluding hydrogens is 330 g/mol. The molecule has 1 fully saturated rings. The highest BCUT2D eigenvalue weighted by Gasteiger charge is 2.28. The van der Waals surface area contributed by atoms with Gasteiger partial charge in [-0.1, -0.05) is 23.5 Å². The third kappa shape index (κ3) is 2.38. The minimum Gasteiger partial charge on any atom is -0.353 e. The Labute approximate surface area is 143 Å². The number of aromatic amines is 2. The van der Waals surface area contributed by atoms with Gasteiger partial charge in [0.1, 0.15) is 0 Å². The van der Waals surface area contributed by atoms with Gasteiger partial charge in [-0.2, -0.15) is 0 Å². The zero-order valence-electron chi connectivity index (χ0n) is 13.1. The number of aromatic nitrogens is 2. The second-order valence-electron chi connectivity index (χ2n) is 6.11. The first-order valence-corrected chi connectivity index (χ1v) is 9.27. The smallest absolute Gasteiger partial charge is 0.251 e. The number of rotatable bonds is 2. The fourth-order valence-corrected chi connectivity index (χ4v) is 4.44. The van der Waals surface area contributed by atoms with Gasteiger partial charge in [0.15, 0.2) is 0 Å². The summed E-state index contributed by atoms with van der Waals surface area (Å²) in [6, 6.07) is 5.75. The highest BCUT2D eigenvalue weighted by molar-refractivity contribution is 7.96. The van der Waals surface area contributed by atoms with Gasteiger partial charge in [-0.25, -0.2) is 0 Å². The molecule has 4 nitrogen and oxygen atoms in total. The van der Waals surface area contributed by atoms with Crippen LogP contribution < -0.4 is 5.56 Å². The van der Waals surface area contributed by atoms with Gasteiger partial charge in [-0.05, 0) is 43.4 Å². The number of fused-ring (bicyclic) bond motifs is 3. The summed E-state index contributed by atoms with van der Waals surface area (Å²) in [5, 5.41) is 1.65. The molecule has 0 saturated carbocycles. The number of hydrogen-bond donors (Lipinski definition) is 2. The number of nitrogens with one attached hydrogen (secondary N) is 2. The van der Waals surface area contributed by atoms with Gasteiger partial charge in [0, 0.05) is 40.5 Å². The van der Waals surface area contributed by atoms with Crippen LogP contribution in [-0.2, 0) is 0 Å². The molecule has 0 amide bonds. The van der Waals surface area contributed by atoms with Crippen LogP contribution in [0.1, 0.15) is 23.5 Å². The minimum atomic E-state index is -0.00372. The Morgan fingerprint density at radius 2 is 2.13 bits per heavy atom. The van der Waals surface area contributed by atoms with Crippen molar-refractivity contribution in [1.29, 1.82) is 0 Å². The van der Waals surface area contributed by atoms with Gasteiger partial charge in [-0.3, -0.25) is 9.10 Å². The van der Waals surface area contributed by atoms with Crippen LogP contribution in [0.4, 0.5) is 0 Å². The van der Waals surface area contributed by atoms with E-state index in [1.165, 1.54) is 0 Å². The molecule has 2 aromatic heterocycles. The average Bonchev–Trinajstić information content (AvgIpc) is 3.13. The molecule has 4 rings (SSSR count). The first kappa shape index (κ1) is 15.1. The maximum atomic E-state index is 12.5. The molecule has 1 unspecified atom stereocenters. The molecule has 3 heterocycles. The third-order valence-corrected chi connectivity index (χ3v) is 5.91. The third-order valence-electron chi connectivity index (χ3n) is 4.83. The normalized spacial score (nSPS) is 19.2. The molecule has 2 N–H and O–H groups in total. The molecule has 1 atom stereocenters. The van der Waals surface area contributed by atoms with Crippen LogP contribution >= 0.6 is 23.5 Å². The summed E-state index contributed by atoms with van der Waals surface area (Å²) in [7, 11) is 0. The summed E-state index contributed by atoms with van der Waals surface area (Å²) in [6.45, 7) is 3.97. The standard InChI is InChI=1S/C17H18ClN3OS/c1-9-14(10-5-6-21(8-10)23-2)16-15(20-17(9)22)12-7-11(18)3-4-13(12)19-16/h3-4,7,10,19H,5-6,8H2,1-2H3,(H,20,22). The van der Waals surface area contributed by atoms with Crippen molar-refractivity contribution >= 4 is 45.5 Å². The van der Waals surface area contributed by atoms with Gasteiger partial charge in [0.25, 0.3) is 5.56 Å². The lowest BCUT2D eigenvalue weighted by molar-refractivity contribution is 0.577. The number of hydrogen-bond acceptors (Lipinski definition) is 3. The van der Waals surface area contributed by atoms with Crippen LogP contribution in [-0.4, -0.2) is 33.6 Å². The molecule has 23 heavy (non-hydrogen) atoms. The number of H-pyrrole nitrogens is 2. The van der Waals surface area contributed by atoms with Crippen LogP contribution in [0.25, 0.3) is 21.9 Å². The number of benzene rings is 1. The van der Waals surface area contributed by atoms with Gasteiger partial charge in [0.2, 0.25) is 0 Å². The summed E-state index contributed by atoms with van der Waals surface area (Å²) in [5.41, 5.74) is 4.90. The second kappa shape index (κ2) is 5.58. The van der Waals surface area contributed by atoms with Crippen molar-refractivity contribution < 1.29 is 0 Å². The Balaban J connectivity index is 2.00. The lowest BCUT2D eigenvalue weighted by atomic mass is 9.94. The van der Waals surface area contributed by atoms with Crippen LogP contribution in [0.3, 0.4) is 0 Å². The van der Waals surface area contributed by atoms with Gasteiger partial charge in [0.05, 0.1) is 11.0 Å². The Morgan fingerprint density at radius 1 is 1.30 bits per heavy atom. The fraction of sp³-hybridized carbons (Fsp3) is 0.353. The van der Waals surface area contributed by atoms with Crippen LogP contribution in [0.5, 0.6) is 0 Å². The summed E-state index contributed by atoms with van der Waals surface area (Å²) < 4.78 is 2.36. The van der Waals surface area contributed by atoms with E-state index in [9.17, 15) is 4.79 Å². The van der Waals surface area contributed by atoms with Crippen LogP contribution in [0, 0.1) is 6.92 Å². The first-order valence-electron chi connectivity index (χ1n) is 7.71. The molecule has 0 spiro atoms. The van der Waals surface area contributed by atoms with Crippen LogP contribution in [0.2, 0.25) is 5.02 Å². The Kier molecular flexibility index (Phi) is 3.67. The molecule has 3 aromatic rings. The zero-order valence-corrected chi connectivity index (χ0v) is 14.6. The van der Waals surface area contributed by atoms with E-state index in [0.29, 0.717) is 10.9 Å². The van der Waals surface area contributed by atoms with E-state index in [2.05, 4.69) is 20.5 Å². The Hall–Kier alpha value is -1.43. The fourth-order valence-electron chi connectivity index (χ4n) is 3.65. The van der Waals surface area contributed by atoms with E-state index in [1.54, 1.807) is 11.9 Å². The van der Waals surface area contributed by atoms with Crippen molar-refractivity contribution in [2.75, 3.05) is 19.3 Å². The predicted octanol–water partition coefficient (Wildman–Crippen LogP) is 4.04. The van der Waals surface area contributed by atoms with E-state index in [4.69, 9.17) is 11.6 Å². The van der Waals surface area contributed by atoms with Crippen molar-refractivity contribution in [3.8, 4) is 0 Å². The summed E-state index contributed by atoms with van der Waals surface area (Å²) in [4.78, 5) is 19.0. The highest BCUT2D eigenvalue weighted by atomic mass is 35.5. The molecular formula is C17H18ClN3OS. The maximum Gasteiger partial charge on any atom is 0.251 e. The predicted molar refractivity (Wildman–Crippen MR) is 98.6 cm³/mol. The van der Waals surface area contributed by atoms with Crippen LogP contribution in [0.15, 0.2) is 23.0 Å². The zero-order chi connectivity index (χ0) is 16.1. The molecule has 1 aliphatic heterocycles. The number of pyridine rings is 1. The van der Waals surface area contributed by atoms with E-state index in [0.717, 1.165) is 52.6 Å². The lowest BCUT2D eigenvalue weighted by Crippen LogP contribution is -2.17. The van der Waals surface area contributed by atoms with Crippen molar-refractivity contribution in [3.63, 3.8) is 0 Å². The Morgan fingerprint density at radius 3 is 2.87 bits per heavy atom. The van der Waals surface area contributed by atoms with Gasteiger partial charge >= 0.3 is 0 Å². The molecule has 1 saturated heterocycles. The molecule has 0 aliphatic carbocycles. The molecule has 1 aliphatic rings. The van der Waals surface area contributed by atoms with Crippen molar-refractivity contribution in [2.24, 2.45) is 0 Å². The topological polar surface area (TPSA) is 51.9 Å². The summed E-state index contributed by atoms with van der Waals surface area (Å²) >= 11 is 7.91. The van der Waals surface area contributed by atoms with Crippen molar-refractivity contribution in [3.05, 3.63) is 44.7 Å². The molecule has 0 radical (unpaired) electrons. The number of halogens is 1. The molecule has 120 valence electrons.